The average Bonchev–Trinajstić information content (AvgIpc) is 3.66. The van der Waals surface area contributed by atoms with Gasteiger partial charge in [0, 0.05) is 31.5 Å². The van der Waals surface area contributed by atoms with Gasteiger partial charge in [-0.25, -0.2) is 0 Å². The topological polar surface area (TPSA) is 3.24 Å². The van der Waals surface area contributed by atoms with Gasteiger partial charge in [-0.05, 0) is 114 Å². The Balaban J connectivity index is 1.21. The number of benzene rings is 10. The first-order valence-corrected chi connectivity index (χ1v) is 20.0. The second-order valence-electron chi connectivity index (χ2n) is 14.5. The molecule has 0 radical (unpaired) electrons. The summed E-state index contributed by atoms with van der Waals surface area (Å²) in [7, 11) is 0. The summed E-state index contributed by atoms with van der Waals surface area (Å²) in [5, 5.41) is 9.97. The van der Waals surface area contributed by atoms with Crippen molar-refractivity contribution in [2.24, 2.45) is 0 Å². The molecule has 1 nitrogen and oxygen atoms in total. The van der Waals surface area contributed by atoms with Crippen molar-refractivity contribution in [3.05, 3.63) is 212 Å². The Morgan fingerprint density at radius 3 is 1.59 bits per heavy atom. The highest BCUT2D eigenvalue weighted by Crippen LogP contribution is 2.49. The molecule has 262 valence electrons. The van der Waals surface area contributed by atoms with Gasteiger partial charge >= 0.3 is 0 Å². The van der Waals surface area contributed by atoms with Gasteiger partial charge in [-0.3, -0.25) is 0 Å². The van der Waals surface area contributed by atoms with Crippen molar-refractivity contribution in [2.75, 3.05) is 4.90 Å². The smallest absolute Gasteiger partial charge is 0.0554 e. The molecule has 0 spiro atoms. The second kappa shape index (κ2) is 13.4. The van der Waals surface area contributed by atoms with Crippen LogP contribution in [0.4, 0.5) is 17.1 Å². The number of thiophene rings is 1. The van der Waals surface area contributed by atoms with E-state index in [4.69, 9.17) is 0 Å². The molecule has 1 aromatic heterocycles. The number of hydrogen-bond donors (Lipinski definition) is 0. The Kier molecular flexibility index (Phi) is 7.75. The molecule has 0 bridgehead atoms. The zero-order chi connectivity index (χ0) is 37.0. The van der Waals surface area contributed by atoms with Crippen LogP contribution >= 0.6 is 11.3 Å². The summed E-state index contributed by atoms with van der Waals surface area (Å²) >= 11 is 1.86. The van der Waals surface area contributed by atoms with E-state index < -0.39 is 0 Å². The fraction of sp³-hybridized carbons (Fsp3) is 0. The van der Waals surface area contributed by atoms with E-state index in [0.717, 1.165) is 11.4 Å². The maximum absolute atomic E-state index is 2.48. The van der Waals surface area contributed by atoms with Gasteiger partial charge in [-0.15, -0.1) is 11.3 Å². The molecule has 0 aliphatic carbocycles. The highest BCUT2D eigenvalue weighted by molar-refractivity contribution is 7.26. The van der Waals surface area contributed by atoms with E-state index in [0.29, 0.717) is 0 Å². The lowest BCUT2D eigenvalue weighted by molar-refractivity contribution is 1.31. The molecule has 11 aromatic rings. The predicted molar refractivity (Wildman–Crippen MR) is 243 cm³/mol. The Hall–Kier alpha value is -7.00. The van der Waals surface area contributed by atoms with Gasteiger partial charge in [-0.2, -0.15) is 0 Å². The highest BCUT2D eigenvalue weighted by Gasteiger charge is 2.22. The molecule has 10 aromatic carbocycles. The Labute approximate surface area is 330 Å². The molecule has 0 N–H and O–H groups in total. The average molecular weight is 730 g/mol. The number of nitrogens with zero attached hydrogens (tertiary/aromatic N) is 1. The van der Waals surface area contributed by atoms with E-state index >= 15 is 0 Å². The minimum atomic E-state index is 1.12. The quantitative estimate of drug-likeness (QED) is 0.154. The highest BCUT2D eigenvalue weighted by atomic mass is 32.1. The molecular weight excluding hydrogens is 695 g/mol. The monoisotopic (exact) mass is 729 g/mol. The third kappa shape index (κ3) is 5.38. The molecule has 11 rings (SSSR count). The molecule has 0 saturated heterocycles. The second-order valence-corrected chi connectivity index (χ2v) is 15.5. The first-order chi connectivity index (χ1) is 27.8. The normalized spacial score (nSPS) is 11.6. The summed E-state index contributed by atoms with van der Waals surface area (Å²) in [6.07, 6.45) is 0. The third-order valence-electron chi connectivity index (χ3n) is 11.2. The van der Waals surface area contributed by atoms with E-state index in [2.05, 4.69) is 217 Å². The van der Waals surface area contributed by atoms with Crippen molar-refractivity contribution < 1.29 is 0 Å². The number of fused-ring (bicyclic) bond motifs is 7. The van der Waals surface area contributed by atoms with Crippen LogP contribution in [0.1, 0.15) is 0 Å². The minimum Gasteiger partial charge on any atom is -0.310 e. The number of hydrogen-bond acceptors (Lipinski definition) is 2. The van der Waals surface area contributed by atoms with E-state index in [1.165, 1.54) is 91.6 Å². The van der Waals surface area contributed by atoms with Gasteiger partial charge in [-0.1, -0.05) is 164 Å². The van der Waals surface area contributed by atoms with Crippen LogP contribution < -0.4 is 4.90 Å². The molecule has 0 fully saturated rings. The first kappa shape index (κ1) is 32.4. The number of rotatable bonds is 6. The van der Waals surface area contributed by atoms with Crippen molar-refractivity contribution in [3.8, 4) is 33.4 Å². The molecular formula is C54H35NS. The summed E-state index contributed by atoms with van der Waals surface area (Å²) < 4.78 is 2.58. The molecule has 2 heteroatoms. The van der Waals surface area contributed by atoms with E-state index in [1.54, 1.807) is 0 Å². The van der Waals surface area contributed by atoms with Gasteiger partial charge in [0.15, 0.2) is 0 Å². The minimum absolute atomic E-state index is 1.12. The largest absolute Gasteiger partial charge is 0.310 e. The molecule has 56 heavy (non-hydrogen) atoms. The summed E-state index contributed by atoms with van der Waals surface area (Å²) in [6.45, 7) is 0. The predicted octanol–water partition coefficient (Wildman–Crippen LogP) is 16.0. The molecule has 0 amide bonds. The Morgan fingerprint density at radius 1 is 0.304 bits per heavy atom. The first-order valence-electron chi connectivity index (χ1n) is 19.2. The SMILES string of the molecule is c1ccc(-c2ccc3cc(N(c4ccc5c(c4)c(-c4ccccc4)c(-c4ccccc4)c4ccccc45)c4cccc5sc6ccccc6c45)ccc3c2)cc1. The van der Waals surface area contributed by atoms with Gasteiger partial charge in [0.2, 0.25) is 0 Å². The van der Waals surface area contributed by atoms with Crippen LogP contribution in [0.5, 0.6) is 0 Å². The van der Waals surface area contributed by atoms with Gasteiger partial charge in [0.05, 0.1) is 5.69 Å². The Bertz CT molecular complexity index is 3240. The summed E-state index contributed by atoms with van der Waals surface area (Å²) in [6, 6.07) is 77.8. The van der Waals surface area contributed by atoms with Crippen LogP contribution in [0.3, 0.4) is 0 Å². The van der Waals surface area contributed by atoms with E-state index in [1.807, 2.05) is 11.3 Å². The maximum Gasteiger partial charge on any atom is 0.0554 e. The lowest BCUT2D eigenvalue weighted by Gasteiger charge is -2.28. The molecule has 0 atom stereocenters. The fourth-order valence-corrected chi connectivity index (χ4v) is 9.81. The molecule has 0 saturated carbocycles. The van der Waals surface area contributed by atoms with Crippen LogP contribution in [0.25, 0.3) is 85.9 Å². The van der Waals surface area contributed by atoms with Gasteiger partial charge in [0.25, 0.3) is 0 Å². The summed E-state index contributed by atoms with van der Waals surface area (Å²) in [5.74, 6) is 0. The lowest BCUT2D eigenvalue weighted by atomic mass is 9.85. The van der Waals surface area contributed by atoms with Crippen molar-refractivity contribution in [1.29, 1.82) is 0 Å². The van der Waals surface area contributed by atoms with Crippen LogP contribution in [-0.4, -0.2) is 0 Å². The lowest BCUT2D eigenvalue weighted by Crippen LogP contribution is -2.10. The van der Waals surface area contributed by atoms with Crippen molar-refractivity contribution in [2.45, 2.75) is 0 Å². The standard InChI is InChI=1S/C54H35NS/c1-4-15-36(16-5-1)39-27-28-41-34-42(30-29-40(41)33-39)55(49-24-14-26-51-54(49)47-23-12-13-25-50(47)56-51)43-31-32-45-44-21-10-11-22-46(44)52(37-17-6-2-7-18-37)53(48(45)35-43)38-19-8-3-9-20-38/h1-35H. The third-order valence-corrected chi connectivity index (χ3v) is 12.3. The Morgan fingerprint density at radius 2 is 0.839 bits per heavy atom. The number of anilines is 3. The fourth-order valence-electron chi connectivity index (χ4n) is 8.68. The van der Waals surface area contributed by atoms with Crippen LogP contribution in [0.15, 0.2) is 212 Å². The molecule has 1 heterocycles. The van der Waals surface area contributed by atoms with E-state index in [9.17, 15) is 0 Å². The molecule has 0 aliphatic rings. The maximum atomic E-state index is 2.48. The summed E-state index contributed by atoms with van der Waals surface area (Å²) in [5.41, 5.74) is 10.8. The van der Waals surface area contributed by atoms with Gasteiger partial charge in [0.1, 0.15) is 0 Å². The van der Waals surface area contributed by atoms with Gasteiger partial charge < -0.3 is 4.90 Å². The zero-order valence-corrected chi connectivity index (χ0v) is 31.4. The van der Waals surface area contributed by atoms with Crippen molar-refractivity contribution in [1.82, 2.24) is 0 Å². The molecule has 0 aliphatic heterocycles. The molecule has 0 unspecified atom stereocenters. The van der Waals surface area contributed by atoms with Crippen LogP contribution in [0, 0.1) is 0 Å². The van der Waals surface area contributed by atoms with Crippen molar-refractivity contribution in [3.63, 3.8) is 0 Å². The summed E-state index contributed by atoms with van der Waals surface area (Å²) in [4.78, 5) is 2.48. The zero-order valence-electron chi connectivity index (χ0n) is 30.6. The van der Waals surface area contributed by atoms with Crippen molar-refractivity contribution >= 4 is 80.9 Å². The van der Waals surface area contributed by atoms with E-state index in [-0.39, 0.29) is 0 Å². The van der Waals surface area contributed by atoms with Crippen LogP contribution in [-0.2, 0) is 0 Å². The van der Waals surface area contributed by atoms with Crippen LogP contribution in [0.2, 0.25) is 0 Å².